The average Bonchev–Trinajstić information content (AvgIpc) is 2.45. The Labute approximate surface area is 127 Å². The summed E-state index contributed by atoms with van der Waals surface area (Å²) in [6.07, 6.45) is 0.924. The van der Waals surface area contributed by atoms with Crippen LogP contribution in [0.25, 0.3) is 0 Å². The molecule has 0 saturated carbocycles. The summed E-state index contributed by atoms with van der Waals surface area (Å²) < 4.78 is 10.3. The molecule has 0 radical (unpaired) electrons. The molecule has 0 aliphatic carbocycles. The molecule has 0 bridgehead atoms. The summed E-state index contributed by atoms with van der Waals surface area (Å²) in [6, 6.07) is 1.92. The Bertz CT molecular complexity index is 419. The summed E-state index contributed by atoms with van der Waals surface area (Å²) >= 11 is 0. The zero-order chi connectivity index (χ0) is 15.7. The SMILES string of the molecule is CNc1cc(NCCCOCCOC)nc(C(C)(C)C)n1. The largest absolute Gasteiger partial charge is 0.382 e. The van der Waals surface area contributed by atoms with Crippen molar-refractivity contribution in [1.29, 1.82) is 0 Å². The highest BCUT2D eigenvalue weighted by Crippen LogP contribution is 2.22. The van der Waals surface area contributed by atoms with Gasteiger partial charge in [0.2, 0.25) is 0 Å². The number of hydrogen-bond donors (Lipinski definition) is 2. The smallest absolute Gasteiger partial charge is 0.138 e. The summed E-state index contributed by atoms with van der Waals surface area (Å²) in [5.41, 5.74) is -0.0768. The van der Waals surface area contributed by atoms with E-state index >= 15 is 0 Å². The van der Waals surface area contributed by atoms with Crippen molar-refractivity contribution in [2.24, 2.45) is 0 Å². The number of nitrogens with zero attached hydrogens (tertiary/aromatic N) is 2. The molecule has 6 heteroatoms. The molecule has 0 spiro atoms. The van der Waals surface area contributed by atoms with Crippen LogP contribution in [0.4, 0.5) is 11.6 Å². The van der Waals surface area contributed by atoms with Crippen molar-refractivity contribution >= 4 is 11.6 Å². The Balaban J connectivity index is 2.47. The van der Waals surface area contributed by atoms with Gasteiger partial charge in [-0.15, -0.1) is 0 Å². The quantitative estimate of drug-likeness (QED) is 0.681. The van der Waals surface area contributed by atoms with Gasteiger partial charge in [-0.2, -0.15) is 0 Å². The summed E-state index contributed by atoms with van der Waals surface area (Å²) in [7, 11) is 3.54. The monoisotopic (exact) mass is 296 g/mol. The average molecular weight is 296 g/mol. The molecule has 0 amide bonds. The number of rotatable bonds is 9. The van der Waals surface area contributed by atoms with Crippen LogP contribution in [0.3, 0.4) is 0 Å². The van der Waals surface area contributed by atoms with Crippen molar-refractivity contribution in [3.8, 4) is 0 Å². The molecule has 6 nitrogen and oxygen atoms in total. The van der Waals surface area contributed by atoms with Gasteiger partial charge in [-0.25, -0.2) is 9.97 Å². The van der Waals surface area contributed by atoms with E-state index in [1.54, 1.807) is 7.11 Å². The van der Waals surface area contributed by atoms with Gasteiger partial charge in [0.25, 0.3) is 0 Å². The van der Waals surface area contributed by atoms with Gasteiger partial charge in [0, 0.05) is 38.8 Å². The summed E-state index contributed by atoms with van der Waals surface area (Å²) in [4.78, 5) is 9.08. The molecule has 0 aliphatic rings. The van der Waals surface area contributed by atoms with Crippen LogP contribution >= 0.6 is 0 Å². The third-order valence-corrected chi connectivity index (χ3v) is 2.86. The molecule has 0 aromatic carbocycles. The Hall–Kier alpha value is -1.40. The van der Waals surface area contributed by atoms with E-state index in [0.717, 1.165) is 30.4 Å². The molecule has 0 unspecified atom stereocenters. The number of ether oxygens (including phenoxy) is 2. The van der Waals surface area contributed by atoms with E-state index in [1.165, 1.54) is 0 Å². The fourth-order valence-electron chi connectivity index (χ4n) is 1.64. The van der Waals surface area contributed by atoms with E-state index < -0.39 is 0 Å². The predicted molar refractivity (Wildman–Crippen MR) is 86.1 cm³/mol. The minimum atomic E-state index is -0.0768. The standard InChI is InChI=1S/C15H28N4O2/c1-15(2,3)14-18-12(16-4)11-13(19-14)17-7-6-8-21-10-9-20-5/h11H,6-10H2,1-5H3,(H2,16,17,18,19). The van der Waals surface area contributed by atoms with E-state index in [4.69, 9.17) is 9.47 Å². The highest BCUT2D eigenvalue weighted by Gasteiger charge is 2.18. The number of anilines is 2. The molecular formula is C15H28N4O2. The van der Waals surface area contributed by atoms with Crippen LogP contribution in [-0.4, -0.2) is 50.5 Å². The maximum Gasteiger partial charge on any atom is 0.138 e. The third-order valence-electron chi connectivity index (χ3n) is 2.86. The van der Waals surface area contributed by atoms with Gasteiger partial charge in [-0.1, -0.05) is 20.8 Å². The van der Waals surface area contributed by atoms with E-state index in [2.05, 4.69) is 41.4 Å². The summed E-state index contributed by atoms with van der Waals surface area (Å²) in [6.45, 7) is 9.13. The van der Waals surface area contributed by atoms with Crippen LogP contribution < -0.4 is 10.6 Å². The first kappa shape index (κ1) is 17.7. The maximum absolute atomic E-state index is 5.42. The van der Waals surface area contributed by atoms with E-state index in [-0.39, 0.29) is 5.41 Å². The van der Waals surface area contributed by atoms with Crippen molar-refractivity contribution < 1.29 is 9.47 Å². The van der Waals surface area contributed by atoms with Gasteiger partial charge in [0.15, 0.2) is 0 Å². The summed E-state index contributed by atoms with van der Waals surface area (Å²) in [5.74, 6) is 2.50. The first-order valence-corrected chi connectivity index (χ1v) is 7.35. The van der Waals surface area contributed by atoms with Gasteiger partial charge in [0.05, 0.1) is 13.2 Å². The second-order valence-corrected chi connectivity index (χ2v) is 5.85. The van der Waals surface area contributed by atoms with Crippen LogP contribution in [-0.2, 0) is 14.9 Å². The fourth-order valence-corrected chi connectivity index (χ4v) is 1.64. The first-order valence-electron chi connectivity index (χ1n) is 7.35. The number of aromatic nitrogens is 2. The number of methoxy groups -OCH3 is 1. The van der Waals surface area contributed by atoms with Crippen molar-refractivity contribution in [1.82, 2.24) is 9.97 Å². The molecule has 1 aromatic heterocycles. The number of hydrogen-bond acceptors (Lipinski definition) is 6. The molecule has 0 saturated heterocycles. The fraction of sp³-hybridized carbons (Fsp3) is 0.733. The van der Waals surface area contributed by atoms with Crippen molar-refractivity contribution in [3.05, 3.63) is 11.9 Å². The predicted octanol–water partition coefficient (Wildman–Crippen LogP) is 2.28. The van der Waals surface area contributed by atoms with Crippen LogP contribution in [0.1, 0.15) is 33.0 Å². The van der Waals surface area contributed by atoms with Gasteiger partial charge >= 0.3 is 0 Å². The van der Waals surface area contributed by atoms with Crippen LogP contribution in [0, 0.1) is 0 Å². The molecule has 0 atom stereocenters. The highest BCUT2D eigenvalue weighted by molar-refractivity contribution is 5.47. The number of nitrogens with one attached hydrogen (secondary N) is 2. The zero-order valence-corrected chi connectivity index (χ0v) is 13.8. The molecule has 21 heavy (non-hydrogen) atoms. The van der Waals surface area contributed by atoms with Gasteiger partial charge in [-0.05, 0) is 6.42 Å². The lowest BCUT2D eigenvalue weighted by atomic mass is 9.96. The second kappa shape index (κ2) is 8.79. The zero-order valence-electron chi connectivity index (χ0n) is 13.8. The van der Waals surface area contributed by atoms with Crippen molar-refractivity contribution in [2.45, 2.75) is 32.6 Å². The Morgan fingerprint density at radius 3 is 2.43 bits per heavy atom. The Morgan fingerprint density at radius 2 is 1.81 bits per heavy atom. The maximum atomic E-state index is 5.42. The lowest BCUT2D eigenvalue weighted by molar-refractivity contribution is 0.0705. The normalized spacial score (nSPS) is 11.5. The first-order chi connectivity index (χ1) is 9.97. The molecular weight excluding hydrogens is 268 g/mol. The van der Waals surface area contributed by atoms with Crippen molar-refractivity contribution in [2.75, 3.05) is 51.2 Å². The topological polar surface area (TPSA) is 68.3 Å². The molecule has 1 heterocycles. The van der Waals surface area contributed by atoms with E-state index in [0.29, 0.717) is 19.8 Å². The van der Waals surface area contributed by atoms with Gasteiger partial charge < -0.3 is 20.1 Å². The molecule has 1 rings (SSSR count). The highest BCUT2D eigenvalue weighted by atomic mass is 16.5. The molecule has 0 fully saturated rings. The lowest BCUT2D eigenvalue weighted by Crippen LogP contribution is -2.18. The van der Waals surface area contributed by atoms with Gasteiger partial charge in [-0.3, -0.25) is 0 Å². The summed E-state index contributed by atoms with van der Waals surface area (Å²) in [5, 5.41) is 6.40. The molecule has 120 valence electrons. The third kappa shape index (κ3) is 6.73. The van der Waals surface area contributed by atoms with Crippen LogP contribution in [0.2, 0.25) is 0 Å². The van der Waals surface area contributed by atoms with Crippen LogP contribution in [0.15, 0.2) is 6.07 Å². The van der Waals surface area contributed by atoms with E-state index in [1.807, 2.05) is 13.1 Å². The Morgan fingerprint density at radius 1 is 1.10 bits per heavy atom. The minimum absolute atomic E-state index is 0.0768. The van der Waals surface area contributed by atoms with Gasteiger partial charge in [0.1, 0.15) is 17.5 Å². The van der Waals surface area contributed by atoms with E-state index in [9.17, 15) is 0 Å². The van der Waals surface area contributed by atoms with Crippen molar-refractivity contribution in [3.63, 3.8) is 0 Å². The molecule has 0 aliphatic heterocycles. The molecule has 1 aromatic rings. The minimum Gasteiger partial charge on any atom is -0.382 e. The van der Waals surface area contributed by atoms with Crippen LogP contribution in [0.5, 0.6) is 0 Å². The molecule has 2 N–H and O–H groups in total. The lowest BCUT2D eigenvalue weighted by Gasteiger charge is -2.18. The Kier molecular flexibility index (Phi) is 7.39. The second-order valence-electron chi connectivity index (χ2n) is 5.85.